The molecule has 0 fully saturated rings. The van der Waals surface area contributed by atoms with Crippen LogP contribution < -0.4 is 5.32 Å². The molecule has 0 aromatic carbocycles. The third-order valence-electron chi connectivity index (χ3n) is 1.79. The lowest BCUT2D eigenvalue weighted by molar-refractivity contribution is -0.136. The summed E-state index contributed by atoms with van der Waals surface area (Å²) in [6, 6.07) is 3.64. The van der Waals surface area contributed by atoms with Crippen molar-refractivity contribution in [1.82, 2.24) is 5.32 Å². The molecule has 0 saturated carbocycles. The van der Waals surface area contributed by atoms with Crippen molar-refractivity contribution < 1.29 is 14.3 Å². The molecule has 2 N–H and O–H groups in total. The minimum absolute atomic E-state index is 0.371. The third kappa shape index (κ3) is 3.22. The van der Waals surface area contributed by atoms with Gasteiger partial charge in [0.2, 0.25) is 0 Å². The Morgan fingerprint density at radius 2 is 2.36 bits per heavy atom. The molecular formula is C10H15NO3. The van der Waals surface area contributed by atoms with Crippen LogP contribution in [0.25, 0.3) is 0 Å². The highest BCUT2D eigenvalue weighted by atomic mass is 16.3. The number of carbonyl (C=O) groups is 1. The first-order chi connectivity index (χ1) is 6.50. The SMILES string of the molecule is CC(C)(O)C(=O)NCCc1ccco1. The van der Waals surface area contributed by atoms with Crippen LogP contribution in [-0.4, -0.2) is 23.2 Å². The van der Waals surface area contributed by atoms with Crippen molar-refractivity contribution in [3.05, 3.63) is 24.2 Å². The minimum atomic E-state index is -1.32. The molecule has 0 unspecified atom stereocenters. The van der Waals surface area contributed by atoms with E-state index in [-0.39, 0.29) is 5.91 Å². The van der Waals surface area contributed by atoms with Crippen LogP contribution in [0.4, 0.5) is 0 Å². The molecule has 0 bridgehead atoms. The quantitative estimate of drug-likeness (QED) is 0.747. The Bertz CT molecular complexity index is 285. The Balaban J connectivity index is 2.26. The zero-order valence-electron chi connectivity index (χ0n) is 8.41. The Labute approximate surface area is 82.9 Å². The van der Waals surface area contributed by atoms with E-state index in [4.69, 9.17) is 4.42 Å². The summed E-state index contributed by atoms with van der Waals surface area (Å²) in [6.45, 7) is 3.38. The molecule has 0 atom stereocenters. The molecule has 78 valence electrons. The van der Waals surface area contributed by atoms with Gasteiger partial charge in [0.15, 0.2) is 0 Å². The largest absolute Gasteiger partial charge is 0.469 e. The Hall–Kier alpha value is -1.29. The van der Waals surface area contributed by atoms with Crippen molar-refractivity contribution >= 4 is 5.91 Å². The molecule has 0 aliphatic heterocycles. The van der Waals surface area contributed by atoms with Gasteiger partial charge < -0.3 is 14.8 Å². The summed E-state index contributed by atoms with van der Waals surface area (Å²) >= 11 is 0. The van der Waals surface area contributed by atoms with Gasteiger partial charge >= 0.3 is 0 Å². The maximum Gasteiger partial charge on any atom is 0.251 e. The number of aliphatic hydroxyl groups is 1. The van der Waals surface area contributed by atoms with Crippen LogP contribution in [0.2, 0.25) is 0 Å². The molecule has 14 heavy (non-hydrogen) atoms. The number of rotatable bonds is 4. The molecule has 0 radical (unpaired) electrons. The minimum Gasteiger partial charge on any atom is -0.469 e. The van der Waals surface area contributed by atoms with E-state index in [1.54, 1.807) is 12.3 Å². The number of furan rings is 1. The van der Waals surface area contributed by atoms with Crippen molar-refractivity contribution in [1.29, 1.82) is 0 Å². The van der Waals surface area contributed by atoms with Crippen LogP contribution in [0.15, 0.2) is 22.8 Å². The molecule has 4 nitrogen and oxygen atoms in total. The molecule has 1 rings (SSSR count). The van der Waals surface area contributed by atoms with Crippen molar-refractivity contribution in [3.8, 4) is 0 Å². The molecule has 1 aromatic rings. The first-order valence-corrected chi connectivity index (χ1v) is 4.53. The van der Waals surface area contributed by atoms with Gasteiger partial charge in [0.25, 0.3) is 5.91 Å². The van der Waals surface area contributed by atoms with E-state index < -0.39 is 5.60 Å². The second kappa shape index (κ2) is 4.28. The van der Waals surface area contributed by atoms with E-state index in [0.29, 0.717) is 13.0 Å². The first kappa shape index (κ1) is 10.8. The van der Waals surface area contributed by atoms with E-state index in [9.17, 15) is 9.90 Å². The van der Waals surface area contributed by atoms with Crippen LogP contribution in [0.5, 0.6) is 0 Å². The number of hydrogen-bond donors (Lipinski definition) is 2. The number of nitrogens with one attached hydrogen (secondary N) is 1. The molecule has 0 spiro atoms. The standard InChI is InChI=1S/C10H15NO3/c1-10(2,13)9(12)11-6-5-8-4-3-7-14-8/h3-4,7,13H,5-6H2,1-2H3,(H,11,12). The van der Waals surface area contributed by atoms with Crippen LogP contribution in [0, 0.1) is 0 Å². The monoisotopic (exact) mass is 197 g/mol. The lowest BCUT2D eigenvalue weighted by Crippen LogP contribution is -2.42. The fraction of sp³-hybridized carbons (Fsp3) is 0.500. The molecule has 0 saturated heterocycles. The molecule has 1 heterocycles. The van der Waals surface area contributed by atoms with Gasteiger partial charge in [-0.05, 0) is 26.0 Å². The fourth-order valence-electron chi connectivity index (χ4n) is 0.970. The summed E-state index contributed by atoms with van der Waals surface area (Å²) in [5.41, 5.74) is -1.32. The van der Waals surface area contributed by atoms with Crippen LogP contribution >= 0.6 is 0 Å². The topological polar surface area (TPSA) is 62.5 Å². The van der Waals surface area contributed by atoms with Gasteiger partial charge in [0.05, 0.1) is 6.26 Å². The van der Waals surface area contributed by atoms with Crippen molar-refractivity contribution in [2.45, 2.75) is 25.9 Å². The van der Waals surface area contributed by atoms with Gasteiger partial charge in [0, 0.05) is 13.0 Å². The number of carbonyl (C=O) groups excluding carboxylic acids is 1. The van der Waals surface area contributed by atoms with Crippen LogP contribution in [-0.2, 0) is 11.2 Å². The van der Waals surface area contributed by atoms with Gasteiger partial charge in [-0.15, -0.1) is 0 Å². The summed E-state index contributed by atoms with van der Waals surface area (Å²) in [5.74, 6) is 0.449. The highest BCUT2D eigenvalue weighted by Crippen LogP contribution is 2.02. The Morgan fingerprint density at radius 1 is 1.64 bits per heavy atom. The molecule has 0 aliphatic carbocycles. The smallest absolute Gasteiger partial charge is 0.251 e. The van der Waals surface area contributed by atoms with Crippen molar-refractivity contribution in [2.24, 2.45) is 0 Å². The second-order valence-electron chi connectivity index (χ2n) is 3.64. The normalized spacial score (nSPS) is 11.4. The number of hydrogen-bond acceptors (Lipinski definition) is 3. The fourth-order valence-corrected chi connectivity index (χ4v) is 0.970. The first-order valence-electron chi connectivity index (χ1n) is 4.53. The second-order valence-corrected chi connectivity index (χ2v) is 3.64. The van der Waals surface area contributed by atoms with Crippen molar-refractivity contribution in [2.75, 3.05) is 6.54 Å². The molecular weight excluding hydrogens is 182 g/mol. The van der Waals surface area contributed by atoms with E-state index in [0.717, 1.165) is 5.76 Å². The highest BCUT2D eigenvalue weighted by Gasteiger charge is 2.22. The van der Waals surface area contributed by atoms with Gasteiger partial charge in [-0.3, -0.25) is 4.79 Å². The predicted octanol–water partition coefficient (Wildman–Crippen LogP) is 0.709. The maximum absolute atomic E-state index is 11.2. The molecule has 4 heteroatoms. The predicted molar refractivity (Wildman–Crippen MR) is 51.7 cm³/mol. The lowest BCUT2D eigenvalue weighted by Gasteiger charge is -2.15. The average molecular weight is 197 g/mol. The zero-order valence-corrected chi connectivity index (χ0v) is 8.41. The summed E-state index contributed by atoms with van der Waals surface area (Å²) in [5, 5.41) is 11.9. The Morgan fingerprint density at radius 3 is 2.86 bits per heavy atom. The van der Waals surface area contributed by atoms with Gasteiger partial charge in [-0.1, -0.05) is 0 Å². The van der Waals surface area contributed by atoms with E-state index >= 15 is 0 Å². The summed E-state index contributed by atoms with van der Waals surface area (Å²) in [6.07, 6.45) is 2.22. The summed E-state index contributed by atoms with van der Waals surface area (Å²) in [7, 11) is 0. The van der Waals surface area contributed by atoms with Gasteiger partial charge in [-0.25, -0.2) is 0 Å². The highest BCUT2D eigenvalue weighted by molar-refractivity contribution is 5.83. The van der Waals surface area contributed by atoms with Gasteiger partial charge in [-0.2, -0.15) is 0 Å². The van der Waals surface area contributed by atoms with Crippen LogP contribution in [0.3, 0.4) is 0 Å². The van der Waals surface area contributed by atoms with E-state index in [1.807, 2.05) is 6.07 Å². The van der Waals surface area contributed by atoms with Gasteiger partial charge in [0.1, 0.15) is 11.4 Å². The zero-order chi connectivity index (χ0) is 10.6. The number of amides is 1. The molecule has 1 amide bonds. The molecule has 1 aromatic heterocycles. The lowest BCUT2D eigenvalue weighted by atomic mass is 10.1. The van der Waals surface area contributed by atoms with Crippen molar-refractivity contribution in [3.63, 3.8) is 0 Å². The average Bonchev–Trinajstić information content (AvgIpc) is 2.55. The molecule has 0 aliphatic rings. The third-order valence-corrected chi connectivity index (χ3v) is 1.79. The summed E-state index contributed by atoms with van der Waals surface area (Å²) in [4.78, 5) is 11.2. The Kier molecular flexibility index (Phi) is 3.30. The summed E-state index contributed by atoms with van der Waals surface area (Å²) < 4.78 is 5.09. The van der Waals surface area contributed by atoms with E-state index in [1.165, 1.54) is 13.8 Å². The van der Waals surface area contributed by atoms with Crippen LogP contribution in [0.1, 0.15) is 19.6 Å². The van der Waals surface area contributed by atoms with E-state index in [2.05, 4.69) is 5.32 Å². The maximum atomic E-state index is 11.2.